The van der Waals surface area contributed by atoms with Crippen LogP contribution in [-0.4, -0.2) is 62.0 Å². The largest absolute Gasteiger partial charge is 0.738 e. The van der Waals surface area contributed by atoms with Crippen molar-refractivity contribution in [1.29, 1.82) is 0 Å². The van der Waals surface area contributed by atoms with Gasteiger partial charge < -0.3 is 36.5 Å². The lowest BCUT2D eigenvalue weighted by molar-refractivity contribution is -0.361. The monoisotopic (exact) mass is 652 g/mol. The van der Waals surface area contributed by atoms with Crippen molar-refractivity contribution >= 4 is 30.7 Å². The van der Waals surface area contributed by atoms with Gasteiger partial charge in [0.15, 0.2) is 5.70 Å². The van der Waals surface area contributed by atoms with Crippen LogP contribution in [0.4, 0.5) is 8.63 Å². The van der Waals surface area contributed by atoms with E-state index in [2.05, 4.69) is 23.7 Å². The van der Waals surface area contributed by atoms with Gasteiger partial charge in [0.1, 0.15) is 11.5 Å². The molecule has 3 aromatic rings. The molecule has 11 heteroatoms. The Morgan fingerprint density at radius 1 is 0.771 bits per heavy atom. The third-order valence-corrected chi connectivity index (χ3v) is 8.57. The van der Waals surface area contributed by atoms with Crippen molar-refractivity contribution in [3.63, 3.8) is 0 Å². The number of hydrogen-bond donors (Lipinski definition) is 0. The third kappa shape index (κ3) is 6.50. The number of carbonyl (C=O) groups excluding carboxylic acids is 2. The lowest BCUT2D eigenvalue weighted by atomic mass is 9.88. The van der Waals surface area contributed by atoms with Gasteiger partial charge in [-0.05, 0) is 92.3 Å². The number of halogens is 2. The quantitative estimate of drug-likeness (QED) is 0.177. The fourth-order valence-electron chi connectivity index (χ4n) is 5.98. The molecule has 0 unspecified atom stereocenters. The number of ether oxygens (including phenoxy) is 4. The molecule has 5 rings (SSSR count). The van der Waals surface area contributed by atoms with Crippen LogP contribution in [0.25, 0.3) is 6.08 Å². The van der Waals surface area contributed by atoms with E-state index in [9.17, 15) is 9.59 Å². The molecule has 0 aliphatic carbocycles. The summed E-state index contributed by atoms with van der Waals surface area (Å²) in [6, 6.07) is 14.0. The number of benzene rings is 2. The van der Waals surface area contributed by atoms with E-state index in [1.54, 1.807) is 82.7 Å². The lowest BCUT2D eigenvalue weighted by Crippen LogP contribution is -2.51. The lowest BCUT2D eigenvalue weighted by Gasteiger charge is -2.30. The summed E-state index contributed by atoms with van der Waals surface area (Å²) < 4.78 is 56.7. The van der Waals surface area contributed by atoms with E-state index >= 15 is 8.63 Å². The van der Waals surface area contributed by atoms with E-state index in [1.807, 2.05) is 0 Å². The first-order valence-corrected chi connectivity index (χ1v) is 15.3. The van der Waals surface area contributed by atoms with Gasteiger partial charge in [-0.2, -0.15) is 0 Å². The predicted molar refractivity (Wildman–Crippen MR) is 179 cm³/mol. The summed E-state index contributed by atoms with van der Waals surface area (Å²) in [4.78, 5) is 24.3. The first-order valence-electron chi connectivity index (χ1n) is 15.3. The number of allylic oxidation sites excluding steroid dienone is 2. The Bertz CT molecular complexity index is 2000. The maximum Gasteiger partial charge on any atom is 0.738 e. The number of aromatic nitrogens is 1. The maximum atomic E-state index is 17.3. The SMILES string of the molecule is COC(=O)CCC1=C(C)C(C#Cc2ccc(OC)cc2)=[N+]2C1=Cc1c(CCC(=O)OC)c(C)c(C#Cc3ccc(OC)cc3)n1[B-]2(F)F. The molecule has 3 heterocycles. The molecule has 0 radical (unpaired) electrons. The maximum absolute atomic E-state index is 17.3. The molecule has 0 atom stereocenters. The Balaban J connectivity index is 1.73. The van der Waals surface area contributed by atoms with Crippen molar-refractivity contribution in [2.45, 2.75) is 39.5 Å². The van der Waals surface area contributed by atoms with Crippen molar-refractivity contribution in [1.82, 2.24) is 4.48 Å². The highest BCUT2D eigenvalue weighted by molar-refractivity contribution is 6.58. The zero-order valence-corrected chi connectivity index (χ0v) is 27.7. The minimum atomic E-state index is -4.56. The average molecular weight is 653 g/mol. The van der Waals surface area contributed by atoms with E-state index in [1.165, 1.54) is 14.2 Å². The summed E-state index contributed by atoms with van der Waals surface area (Å²) >= 11 is 0. The zero-order chi connectivity index (χ0) is 34.6. The van der Waals surface area contributed by atoms with Crippen molar-refractivity contribution < 1.29 is 41.7 Å². The molecule has 8 nitrogen and oxygen atoms in total. The van der Waals surface area contributed by atoms with Crippen LogP contribution in [-0.2, 0) is 25.5 Å². The number of hydrogen-bond acceptors (Lipinski definition) is 6. The van der Waals surface area contributed by atoms with Crippen molar-refractivity contribution in [3.05, 3.63) is 99.0 Å². The van der Waals surface area contributed by atoms with Gasteiger partial charge in [0.25, 0.3) is 0 Å². The number of carbonyl (C=O) groups is 2. The van der Waals surface area contributed by atoms with E-state index in [0.717, 1.165) is 8.96 Å². The van der Waals surface area contributed by atoms with Crippen molar-refractivity contribution in [2.75, 3.05) is 28.4 Å². The fraction of sp³-hybridized carbons (Fsp3) is 0.270. The molecule has 2 aliphatic heterocycles. The molecule has 246 valence electrons. The first-order chi connectivity index (χ1) is 23.0. The second-order valence-electron chi connectivity index (χ2n) is 11.3. The number of methoxy groups -OCH3 is 4. The molecule has 0 N–H and O–H groups in total. The average Bonchev–Trinajstić information content (AvgIpc) is 3.53. The molecule has 1 aromatic heterocycles. The van der Waals surface area contributed by atoms with Gasteiger partial charge in [0.05, 0.1) is 34.1 Å². The molecule has 2 aromatic carbocycles. The van der Waals surface area contributed by atoms with Gasteiger partial charge in [0.2, 0.25) is 5.71 Å². The standard InChI is InChI=1S/C37H35BF2N2O6/c1-24-30(17-21-36(43)47-5)34-23-35-31(18-22-37(44)48-6)25(2)33(20-12-27-9-15-29(46-4)16-10-27)42(35)38(39,40)41(34)32(24)19-11-26-7-13-28(45-3)14-8-26/h7-10,13-16,23H,17-18,21-22H2,1-6H3. The number of esters is 2. The Hall–Kier alpha value is -5.55. The van der Waals surface area contributed by atoms with Gasteiger partial charge >= 0.3 is 18.9 Å². The van der Waals surface area contributed by atoms with E-state index in [4.69, 9.17) is 18.9 Å². The van der Waals surface area contributed by atoms with Crippen molar-refractivity contribution in [3.8, 4) is 35.2 Å². The molecule has 0 amide bonds. The molecule has 0 saturated carbocycles. The number of fused-ring (bicyclic) bond motifs is 2. The van der Waals surface area contributed by atoms with Gasteiger partial charge in [-0.3, -0.25) is 9.59 Å². The zero-order valence-electron chi connectivity index (χ0n) is 27.7. The van der Waals surface area contributed by atoms with Crippen LogP contribution in [0.15, 0.2) is 65.4 Å². The molecule has 48 heavy (non-hydrogen) atoms. The molecule has 2 aliphatic rings. The summed E-state index contributed by atoms with van der Waals surface area (Å²) in [5.41, 5.74) is 4.20. The smallest absolute Gasteiger partial charge is 0.497 e. The Kier molecular flexibility index (Phi) is 9.91. The van der Waals surface area contributed by atoms with Crippen LogP contribution >= 0.6 is 0 Å². The molecule has 0 saturated heterocycles. The third-order valence-electron chi connectivity index (χ3n) is 8.57. The molecular weight excluding hydrogens is 617 g/mol. The highest BCUT2D eigenvalue weighted by Gasteiger charge is 2.56. The minimum absolute atomic E-state index is 0.0000621. The summed E-state index contributed by atoms with van der Waals surface area (Å²) in [6.45, 7) is -1.09. The van der Waals surface area contributed by atoms with E-state index in [-0.39, 0.29) is 48.5 Å². The Morgan fingerprint density at radius 2 is 1.29 bits per heavy atom. The summed E-state index contributed by atoms with van der Waals surface area (Å²) in [7, 11) is 5.69. The second kappa shape index (κ2) is 14.1. The van der Waals surface area contributed by atoms with Gasteiger partial charge in [-0.15, -0.1) is 0 Å². The summed E-state index contributed by atoms with van der Waals surface area (Å²) in [5.74, 6) is 12.5. The van der Waals surface area contributed by atoms with E-state index in [0.29, 0.717) is 44.9 Å². The molecule has 0 bridgehead atoms. The Labute approximate surface area is 278 Å². The van der Waals surface area contributed by atoms with Gasteiger partial charge in [-0.25, -0.2) is 0 Å². The normalized spacial score (nSPS) is 14.1. The highest BCUT2D eigenvalue weighted by atomic mass is 19.2. The predicted octanol–water partition coefficient (Wildman–Crippen LogP) is 5.68. The number of rotatable bonds is 8. The first kappa shape index (κ1) is 33.8. The van der Waals surface area contributed by atoms with E-state index < -0.39 is 18.9 Å². The fourth-order valence-corrected chi connectivity index (χ4v) is 5.98. The summed E-state index contributed by atoms with van der Waals surface area (Å²) in [5, 5.41) is 0. The van der Waals surface area contributed by atoms with Crippen LogP contribution in [0, 0.1) is 30.6 Å². The summed E-state index contributed by atoms with van der Waals surface area (Å²) in [6.07, 6.45) is 2.03. The molecule has 0 spiro atoms. The Morgan fingerprint density at radius 3 is 1.81 bits per heavy atom. The van der Waals surface area contributed by atoms with Crippen LogP contribution in [0.2, 0.25) is 0 Å². The number of nitrogens with zero attached hydrogens (tertiary/aromatic N) is 2. The van der Waals surface area contributed by atoms with Gasteiger partial charge in [-0.1, -0.05) is 11.8 Å². The van der Waals surface area contributed by atoms with Crippen LogP contribution in [0.1, 0.15) is 59.8 Å². The van der Waals surface area contributed by atoms with Crippen LogP contribution < -0.4 is 9.47 Å². The van der Waals surface area contributed by atoms with Gasteiger partial charge in [0, 0.05) is 52.8 Å². The van der Waals surface area contributed by atoms with Crippen LogP contribution in [0.5, 0.6) is 11.5 Å². The topological polar surface area (TPSA) is 79.0 Å². The molecule has 0 fully saturated rings. The van der Waals surface area contributed by atoms with Crippen LogP contribution in [0.3, 0.4) is 0 Å². The molecular formula is C37H35BF2N2O6. The second-order valence-corrected chi connectivity index (χ2v) is 11.3. The minimum Gasteiger partial charge on any atom is -0.497 e. The van der Waals surface area contributed by atoms with Crippen molar-refractivity contribution in [2.24, 2.45) is 0 Å². The highest BCUT2D eigenvalue weighted by Crippen LogP contribution is 2.42.